The molecule has 0 fully saturated rings. The minimum atomic E-state index is 0.930. The van der Waals surface area contributed by atoms with Gasteiger partial charge in [-0.05, 0) is 50.0 Å². The van der Waals surface area contributed by atoms with E-state index in [4.69, 9.17) is 0 Å². The number of hydrogen-bond donors (Lipinski definition) is 1. The Morgan fingerprint density at radius 2 is 1.67 bits per heavy atom. The van der Waals surface area contributed by atoms with Crippen molar-refractivity contribution in [1.29, 1.82) is 0 Å². The molecule has 0 spiro atoms. The minimum absolute atomic E-state index is 0.930. The van der Waals surface area contributed by atoms with Gasteiger partial charge in [0.05, 0.1) is 0 Å². The van der Waals surface area contributed by atoms with E-state index in [0.717, 1.165) is 22.4 Å². The van der Waals surface area contributed by atoms with E-state index in [0.29, 0.717) is 0 Å². The summed E-state index contributed by atoms with van der Waals surface area (Å²) in [4.78, 5) is 2.17. The number of halogens is 1. The standard InChI is InChI=1S/C15H17BrN2/c1-18(2)11-12-5-3-4-6-15(12)17-14-9-7-13(16)8-10-14/h3-10,17H,11H2,1-2H3. The van der Waals surface area contributed by atoms with Crippen molar-refractivity contribution in [1.82, 2.24) is 4.90 Å². The number of benzene rings is 2. The molecular formula is C15H17BrN2. The normalized spacial score (nSPS) is 10.7. The number of hydrogen-bond acceptors (Lipinski definition) is 2. The van der Waals surface area contributed by atoms with Gasteiger partial charge < -0.3 is 10.2 Å². The molecule has 0 saturated carbocycles. The van der Waals surface area contributed by atoms with Crippen LogP contribution in [0.5, 0.6) is 0 Å². The Labute approximate surface area is 117 Å². The summed E-state index contributed by atoms with van der Waals surface area (Å²) in [6, 6.07) is 16.6. The first-order chi connectivity index (χ1) is 8.65. The Morgan fingerprint density at radius 3 is 2.33 bits per heavy atom. The average Bonchev–Trinajstić information content (AvgIpc) is 2.34. The van der Waals surface area contributed by atoms with E-state index in [9.17, 15) is 0 Å². The molecule has 0 unspecified atom stereocenters. The molecule has 2 aromatic carbocycles. The molecule has 0 aliphatic rings. The summed E-state index contributed by atoms with van der Waals surface area (Å²) < 4.78 is 1.09. The van der Waals surface area contributed by atoms with Crippen LogP contribution in [0, 0.1) is 0 Å². The fourth-order valence-corrected chi connectivity index (χ4v) is 2.07. The summed E-state index contributed by atoms with van der Waals surface area (Å²) in [6.45, 7) is 0.930. The zero-order valence-electron chi connectivity index (χ0n) is 10.7. The first kappa shape index (κ1) is 13.1. The van der Waals surface area contributed by atoms with Crippen molar-refractivity contribution in [2.24, 2.45) is 0 Å². The van der Waals surface area contributed by atoms with Crippen molar-refractivity contribution in [3.8, 4) is 0 Å². The number of anilines is 2. The molecule has 0 saturated heterocycles. The van der Waals surface area contributed by atoms with Crippen molar-refractivity contribution in [3.63, 3.8) is 0 Å². The summed E-state index contributed by atoms with van der Waals surface area (Å²) in [5, 5.41) is 3.46. The Morgan fingerprint density at radius 1 is 1.00 bits per heavy atom. The lowest BCUT2D eigenvalue weighted by Gasteiger charge is -2.15. The topological polar surface area (TPSA) is 15.3 Å². The third kappa shape index (κ3) is 3.59. The number of nitrogens with one attached hydrogen (secondary N) is 1. The quantitative estimate of drug-likeness (QED) is 0.908. The van der Waals surface area contributed by atoms with Crippen LogP contribution in [0.25, 0.3) is 0 Å². The van der Waals surface area contributed by atoms with Crippen LogP contribution < -0.4 is 5.32 Å². The van der Waals surface area contributed by atoms with Gasteiger partial charge in [0.15, 0.2) is 0 Å². The Bertz CT molecular complexity index is 506. The molecule has 0 bridgehead atoms. The van der Waals surface area contributed by atoms with Crippen LogP contribution in [0.3, 0.4) is 0 Å². The van der Waals surface area contributed by atoms with E-state index in [1.807, 2.05) is 12.1 Å². The summed E-state index contributed by atoms with van der Waals surface area (Å²) in [5.74, 6) is 0. The molecule has 2 nitrogen and oxygen atoms in total. The van der Waals surface area contributed by atoms with Crippen LogP contribution >= 0.6 is 15.9 Å². The Hall–Kier alpha value is -1.32. The Balaban J connectivity index is 2.20. The zero-order valence-corrected chi connectivity index (χ0v) is 12.2. The van der Waals surface area contributed by atoms with Crippen LogP contribution in [0.15, 0.2) is 53.0 Å². The lowest BCUT2D eigenvalue weighted by molar-refractivity contribution is 0.403. The highest BCUT2D eigenvalue weighted by Gasteiger charge is 2.03. The molecule has 0 radical (unpaired) electrons. The second kappa shape index (κ2) is 6.03. The summed E-state index contributed by atoms with van der Waals surface area (Å²) >= 11 is 3.44. The second-order valence-corrected chi connectivity index (χ2v) is 5.44. The molecule has 1 N–H and O–H groups in total. The van der Waals surface area contributed by atoms with Crippen molar-refractivity contribution in [2.75, 3.05) is 19.4 Å². The van der Waals surface area contributed by atoms with Crippen LogP contribution in [0.4, 0.5) is 11.4 Å². The SMILES string of the molecule is CN(C)Cc1ccccc1Nc1ccc(Br)cc1. The molecular weight excluding hydrogens is 288 g/mol. The largest absolute Gasteiger partial charge is 0.355 e. The predicted octanol–water partition coefficient (Wildman–Crippen LogP) is 4.25. The van der Waals surface area contributed by atoms with E-state index < -0.39 is 0 Å². The highest BCUT2D eigenvalue weighted by molar-refractivity contribution is 9.10. The van der Waals surface area contributed by atoms with Crippen molar-refractivity contribution in [3.05, 3.63) is 58.6 Å². The third-order valence-electron chi connectivity index (χ3n) is 2.63. The third-order valence-corrected chi connectivity index (χ3v) is 3.16. The van der Waals surface area contributed by atoms with Crippen LogP contribution in [0.1, 0.15) is 5.56 Å². The van der Waals surface area contributed by atoms with Gasteiger partial charge in [0.1, 0.15) is 0 Å². The highest BCUT2D eigenvalue weighted by Crippen LogP contribution is 2.23. The maximum absolute atomic E-state index is 3.46. The maximum Gasteiger partial charge on any atom is 0.0429 e. The monoisotopic (exact) mass is 304 g/mol. The van der Waals surface area contributed by atoms with Gasteiger partial charge in [0.25, 0.3) is 0 Å². The zero-order chi connectivity index (χ0) is 13.0. The molecule has 94 valence electrons. The van der Waals surface area contributed by atoms with Crippen molar-refractivity contribution in [2.45, 2.75) is 6.54 Å². The number of para-hydroxylation sites is 1. The van der Waals surface area contributed by atoms with Gasteiger partial charge in [-0.2, -0.15) is 0 Å². The molecule has 0 amide bonds. The van der Waals surface area contributed by atoms with E-state index in [1.54, 1.807) is 0 Å². The lowest BCUT2D eigenvalue weighted by atomic mass is 10.1. The molecule has 0 aliphatic heterocycles. The maximum atomic E-state index is 3.46. The van der Waals surface area contributed by atoms with Crippen LogP contribution in [-0.2, 0) is 6.54 Å². The van der Waals surface area contributed by atoms with Crippen molar-refractivity contribution >= 4 is 27.3 Å². The van der Waals surface area contributed by atoms with Gasteiger partial charge in [0.2, 0.25) is 0 Å². The Kier molecular flexibility index (Phi) is 4.39. The molecule has 18 heavy (non-hydrogen) atoms. The van der Waals surface area contributed by atoms with E-state index in [1.165, 1.54) is 5.56 Å². The molecule has 0 aliphatic carbocycles. The molecule has 0 heterocycles. The molecule has 2 aromatic rings. The van der Waals surface area contributed by atoms with Gasteiger partial charge in [-0.1, -0.05) is 34.1 Å². The van der Waals surface area contributed by atoms with E-state index in [-0.39, 0.29) is 0 Å². The average molecular weight is 305 g/mol. The van der Waals surface area contributed by atoms with E-state index in [2.05, 4.69) is 76.6 Å². The number of nitrogens with zero attached hydrogens (tertiary/aromatic N) is 1. The summed E-state index contributed by atoms with van der Waals surface area (Å²) in [7, 11) is 4.16. The minimum Gasteiger partial charge on any atom is -0.355 e. The smallest absolute Gasteiger partial charge is 0.0429 e. The highest BCUT2D eigenvalue weighted by atomic mass is 79.9. The molecule has 2 rings (SSSR count). The fourth-order valence-electron chi connectivity index (χ4n) is 1.81. The predicted molar refractivity (Wildman–Crippen MR) is 81.3 cm³/mol. The summed E-state index contributed by atoms with van der Waals surface area (Å²) in [6.07, 6.45) is 0. The van der Waals surface area contributed by atoms with Gasteiger partial charge in [-0.15, -0.1) is 0 Å². The second-order valence-electron chi connectivity index (χ2n) is 4.53. The molecule has 3 heteroatoms. The number of rotatable bonds is 4. The van der Waals surface area contributed by atoms with Gasteiger partial charge in [-0.3, -0.25) is 0 Å². The first-order valence-electron chi connectivity index (χ1n) is 5.90. The van der Waals surface area contributed by atoms with Crippen LogP contribution in [-0.4, -0.2) is 19.0 Å². The first-order valence-corrected chi connectivity index (χ1v) is 6.69. The summed E-state index contributed by atoms with van der Waals surface area (Å²) in [5.41, 5.74) is 3.56. The van der Waals surface area contributed by atoms with Gasteiger partial charge >= 0.3 is 0 Å². The molecule has 0 atom stereocenters. The van der Waals surface area contributed by atoms with Crippen molar-refractivity contribution < 1.29 is 0 Å². The fraction of sp³-hybridized carbons (Fsp3) is 0.200. The van der Waals surface area contributed by atoms with Crippen LogP contribution in [0.2, 0.25) is 0 Å². The van der Waals surface area contributed by atoms with Gasteiger partial charge in [-0.25, -0.2) is 0 Å². The lowest BCUT2D eigenvalue weighted by Crippen LogP contribution is -2.12. The molecule has 0 aromatic heterocycles. The van der Waals surface area contributed by atoms with Gasteiger partial charge in [0, 0.05) is 22.4 Å². The van der Waals surface area contributed by atoms with E-state index >= 15 is 0 Å².